The zero-order chi connectivity index (χ0) is 20.2. The molecule has 2 aromatic rings. The zero-order valence-electron chi connectivity index (χ0n) is 16.9. The molecule has 1 N–H and O–H groups in total. The molecule has 3 aliphatic rings. The van der Waals surface area contributed by atoms with Gasteiger partial charge in [0.15, 0.2) is 0 Å². The molecule has 0 amide bonds. The maximum absolute atomic E-state index is 14.8. The number of aromatic nitrogens is 2. The Morgan fingerprint density at radius 1 is 1.34 bits per heavy atom. The first-order chi connectivity index (χ1) is 14.0. The molecule has 4 nitrogen and oxygen atoms in total. The van der Waals surface area contributed by atoms with E-state index in [1.165, 1.54) is 12.5 Å². The van der Waals surface area contributed by atoms with Gasteiger partial charge in [-0.1, -0.05) is 19.1 Å². The Balaban J connectivity index is 1.47. The maximum atomic E-state index is 14.8. The highest BCUT2D eigenvalue weighted by Gasteiger charge is 2.50. The molecule has 2 aliphatic carbocycles. The van der Waals surface area contributed by atoms with Crippen LogP contribution in [0.4, 0.5) is 4.39 Å². The van der Waals surface area contributed by atoms with Crippen molar-refractivity contribution in [3.63, 3.8) is 0 Å². The minimum atomic E-state index is -0.514. The fourth-order valence-electron chi connectivity index (χ4n) is 6.95. The molecule has 2 bridgehead atoms. The molecule has 152 valence electrons. The second-order valence-electron chi connectivity index (χ2n) is 9.80. The fraction of sp³-hybridized carbons (Fsp3) is 0.583. The van der Waals surface area contributed by atoms with Crippen molar-refractivity contribution in [2.45, 2.75) is 64.0 Å². The molecule has 1 aromatic carbocycles. The Hall–Kier alpha value is -2.19. The van der Waals surface area contributed by atoms with Gasteiger partial charge >= 0.3 is 0 Å². The lowest BCUT2D eigenvalue weighted by Crippen LogP contribution is -2.47. The van der Waals surface area contributed by atoms with Gasteiger partial charge < -0.3 is 9.67 Å². The van der Waals surface area contributed by atoms with Gasteiger partial charge in [0.1, 0.15) is 5.82 Å². The lowest BCUT2D eigenvalue weighted by atomic mass is 9.53. The predicted molar refractivity (Wildman–Crippen MR) is 108 cm³/mol. The van der Waals surface area contributed by atoms with Crippen LogP contribution in [0.1, 0.15) is 63.5 Å². The predicted octanol–water partition coefficient (Wildman–Crippen LogP) is 5.09. The molecule has 29 heavy (non-hydrogen) atoms. The summed E-state index contributed by atoms with van der Waals surface area (Å²) in [6.45, 7) is 2.29. The zero-order valence-corrected chi connectivity index (χ0v) is 16.9. The first-order valence-corrected chi connectivity index (χ1v) is 10.9. The summed E-state index contributed by atoms with van der Waals surface area (Å²) in [5.74, 6) is 1.35. The molecule has 0 spiro atoms. The van der Waals surface area contributed by atoms with E-state index in [1.54, 1.807) is 18.6 Å². The number of nitriles is 1. The number of halogens is 1. The van der Waals surface area contributed by atoms with Crippen molar-refractivity contribution in [3.8, 4) is 17.3 Å². The van der Waals surface area contributed by atoms with Gasteiger partial charge in [0, 0.05) is 17.5 Å². The van der Waals surface area contributed by atoms with Crippen molar-refractivity contribution in [1.29, 1.82) is 5.26 Å². The minimum absolute atomic E-state index is 0.156. The van der Waals surface area contributed by atoms with Gasteiger partial charge in [-0.3, -0.25) is 0 Å². The number of hydrogen-bond acceptors (Lipinski definition) is 3. The van der Waals surface area contributed by atoms with Crippen LogP contribution in [0.15, 0.2) is 30.7 Å². The van der Waals surface area contributed by atoms with Gasteiger partial charge in [-0.05, 0) is 67.8 Å². The van der Waals surface area contributed by atoms with E-state index in [0.29, 0.717) is 36.2 Å². The third-order valence-corrected chi connectivity index (χ3v) is 7.75. The standard InChI is InChI=1S/C24H28FN3O/c1-15-7-17-8-16(5-6-26)11-24(10-15,12-17)22(29)9-20-23-18(3-2-4-19(23)25)21-13-27-14-28(20)21/h2-4,13-17,20,22,29H,5,7-12H2,1H3. The largest absolute Gasteiger partial charge is 0.392 e. The number of imidazole rings is 1. The molecule has 1 aliphatic heterocycles. The third-order valence-electron chi connectivity index (χ3n) is 7.75. The van der Waals surface area contributed by atoms with Crippen LogP contribution in [-0.2, 0) is 0 Å². The molecule has 0 saturated heterocycles. The number of fused-ring (bicyclic) bond motifs is 5. The number of benzene rings is 1. The minimum Gasteiger partial charge on any atom is -0.392 e. The topological polar surface area (TPSA) is 61.8 Å². The first-order valence-electron chi connectivity index (χ1n) is 10.9. The molecule has 1 aromatic heterocycles. The maximum Gasteiger partial charge on any atom is 0.129 e. The highest BCUT2D eigenvalue weighted by atomic mass is 19.1. The molecule has 0 radical (unpaired) electrons. The van der Waals surface area contributed by atoms with Crippen molar-refractivity contribution in [3.05, 3.63) is 42.1 Å². The molecule has 5 heteroatoms. The summed E-state index contributed by atoms with van der Waals surface area (Å²) in [6.07, 6.45) is 9.36. The van der Waals surface area contributed by atoms with Crippen molar-refractivity contribution in [2.24, 2.45) is 23.2 Å². The molecule has 6 unspecified atom stereocenters. The van der Waals surface area contributed by atoms with Crippen LogP contribution < -0.4 is 0 Å². The van der Waals surface area contributed by atoms with E-state index in [4.69, 9.17) is 0 Å². The molecule has 6 atom stereocenters. The summed E-state index contributed by atoms with van der Waals surface area (Å²) in [5.41, 5.74) is 2.34. The first kappa shape index (κ1) is 18.8. The highest BCUT2D eigenvalue weighted by molar-refractivity contribution is 5.69. The summed E-state index contributed by atoms with van der Waals surface area (Å²) in [7, 11) is 0. The number of hydrogen-bond donors (Lipinski definition) is 1. The van der Waals surface area contributed by atoms with Crippen LogP contribution in [0, 0.1) is 40.3 Å². The van der Waals surface area contributed by atoms with Crippen LogP contribution in [0.3, 0.4) is 0 Å². The van der Waals surface area contributed by atoms with Gasteiger partial charge in [0.2, 0.25) is 0 Å². The van der Waals surface area contributed by atoms with E-state index in [2.05, 4.69) is 18.0 Å². The van der Waals surface area contributed by atoms with Crippen molar-refractivity contribution < 1.29 is 9.50 Å². The Kier molecular flexibility index (Phi) is 4.51. The number of rotatable bonds is 4. The third kappa shape index (κ3) is 3.00. The second kappa shape index (κ2) is 6.95. The van der Waals surface area contributed by atoms with E-state index in [9.17, 15) is 14.8 Å². The van der Waals surface area contributed by atoms with E-state index in [0.717, 1.165) is 36.9 Å². The normalized spacial score (nSPS) is 33.6. The van der Waals surface area contributed by atoms with Gasteiger partial charge in [-0.25, -0.2) is 9.37 Å². The van der Waals surface area contributed by atoms with Crippen LogP contribution in [-0.4, -0.2) is 20.8 Å². The van der Waals surface area contributed by atoms with Gasteiger partial charge in [-0.15, -0.1) is 0 Å². The molecule has 2 saturated carbocycles. The Morgan fingerprint density at radius 2 is 2.21 bits per heavy atom. The number of aliphatic hydroxyl groups is 1. The van der Waals surface area contributed by atoms with Crippen LogP contribution >= 0.6 is 0 Å². The summed E-state index contributed by atoms with van der Waals surface area (Å²) < 4.78 is 16.8. The summed E-state index contributed by atoms with van der Waals surface area (Å²) >= 11 is 0. The fourth-order valence-corrected chi connectivity index (χ4v) is 6.95. The lowest BCUT2D eigenvalue weighted by molar-refractivity contribution is -0.0853. The van der Waals surface area contributed by atoms with Crippen molar-refractivity contribution in [1.82, 2.24) is 9.55 Å². The lowest BCUT2D eigenvalue weighted by Gasteiger charge is -2.53. The van der Waals surface area contributed by atoms with E-state index < -0.39 is 6.10 Å². The van der Waals surface area contributed by atoms with Gasteiger partial charge in [0.25, 0.3) is 0 Å². The summed E-state index contributed by atoms with van der Waals surface area (Å²) in [6, 6.07) is 7.33. The quantitative estimate of drug-likeness (QED) is 0.787. The Labute approximate surface area is 171 Å². The molecule has 2 fully saturated rings. The molecular weight excluding hydrogens is 365 g/mol. The Morgan fingerprint density at radius 3 is 3.03 bits per heavy atom. The molecular formula is C24H28FN3O. The molecule has 2 heterocycles. The average Bonchev–Trinajstić information content (AvgIpc) is 3.24. The Bertz CT molecular complexity index is 959. The average molecular weight is 394 g/mol. The van der Waals surface area contributed by atoms with E-state index >= 15 is 0 Å². The SMILES string of the molecule is CC1CC2CC(CC#N)CC(C(O)CC3c4c(F)cccc4-c4cncn43)(C1)C2. The van der Waals surface area contributed by atoms with Gasteiger partial charge in [-0.2, -0.15) is 5.26 Å². The van der Waals surface area contributed by atoms with Gasteiger partial charge in [0.05, 0.1) is 36.4 Å². The number of aliphatic hydroxyl groups excluding tert-OH is 1. The van der Waals surface area contributed by atoms with Crippen LogP contribution in [0.25, 0.3) is 11.3 Å². The highest BCUT2D eigenvalue weighted by Crippen LogP contribution is 2.57. The monoisotopic (exact) mass is 393 g/mol. The van der Waals surface area contributed by atoms with Crippen LogP contribution in [0.2, 0.25) is 0 Å². The summed E-state index contributed by atoms with van der Waals surface area (Å²) in [5, 5.41) is 20.8. The van der Waals surface area contributed by atoms with E-state index in [1.807, 2.05) is 10.6 Å². The second-order valence-corrected chi connectivity index (χ2v) is 9.80. The number of nitrogens with zero attached hydrogens (tertiary/aromatic N) is 3. The van der Waals surface area contributed by atoms with Crippen molar-refractivity contribution in [2.75, 3.05) is 0 Å². The smallest absolute Gasteiger partial charge is 0.129 e. The van der Waals surface area contributed by atoms with Crippen molar-refractivity contribution >= 4 is 0 Å². The van der Waals surface area contributed by atoms with E-state index in [-0.39, 0.29) is 17.3 Å². The molecule has 5 rings (SSSR count). The summed E-state index contributed by atoms with van der Waals surface area (Å²) in [4.78, 5) is 4.27. The van der Waals surface area contributed by atoms with Crippen LogP contribution in [0.5, 0.6) is 0 Å².